The number of carbonyl (C=O) groups excluding carboxylic acids is 1. The molecular weight excluding hydrogens is 290 g/mol. The normalized spacial score (nSPS) is 22.0. The first-order chi connectivity index (χ1) is 9.92. The molecule has 114 valence electrons. The molecular formula is C14H19N3O3S. The van der Waals surface area contributed by atoms with Crippen LogP contribution in [-0.4, -0.2) is 46.4 Å². The fourth-order valence-electron chi connectivity index (χ4n) is 2.54. The number of nitrogens with one attached hydrogen (secondary N) is 1. The van der Waals surface area contributed by atoms with Crippen molar-refractivity contribution >= 4 is 29.0 Å². The second kappa shape index (κ2) is 6.34. The molecule has 1 aromatic carbocycles. The van der Waals surface area contributed by atoms with Crippen LogP contribution in [0, 0.1) is 10.1 Å². The zero-order valence-corrected chi connectivity index (χ0v) is 13.1. The molecule has 0 bridgehead atoms. The summed E-state index contributed by atoms with van der Waals surface area (Å²) in [7, 11) is 1.72. The van der Waals surface area contributed by atoms with Crippen LogP contribution >= 0.6 is 11.8 Å². The van der Waals surface area contributed by atoms with E-state index in [1.54, 1.807) is 24.1 Å². The summed E-state index contributed by atoms with van der Waals surface area (Å²) in [5, 5.41) is 14.7. The van der Waals surface area contributed by atoms with E-state index in [1.807, 2.05) is 11.8 Å². The third-order valence-electron chi connectivity index (χ3n) is 3.42. The van der Waals surface area contributed by atoms with Gasteiger partial charge in [-0.1, -0.05) is 13.8 Å². The third kappa shape index (κ3) is 3.47. The monoisotopic (exact) mass is 309 g/mol. The van der Waals surface area contributed by atoms with Crippen LogP contribution in [0.1, 0.15) is 24.2 Å². The fraction of sp³-hybridized carbons (Fsp3) is 0.500. The summed E-state index contributed by atoms with van der Waals surface area (Å²) in [6.45, 7) is 5.38. The second-order valence-corrected chi connectivity index (χ2v) is 7.09. The van der Waals surface area contributed by atoms with E-state index in [0.29, 0.717) is 29.3 Å². The van der Waals surface area contributed by atoms with Crippen LogP contribution in [0.2, 0.25) is 0 Å². The highest BCUT2D eigenvalue weighted by atomic mass is 32.2. The molecule has 6 nitrogen and oxygen atoms in total. The van der Waals surface area contributed by atoms with Crippen molar-refractivity contribution in [2.75, 3.05) is 25.5 Å². The van der Waals surface area contributed by atoms with Gasteiger partial charge < -0.3 is 10.2 Å². The maximum absolute atomic E-state index is 12.7. The number of thioether (sulfide) groups is 1. The molecule has 1 amide bonds. The van der Waals surface area contributed by atoms with Crippen molar-refractivity contribution in [2.45, 2.75) is 24.3 Å². The average molecular weight is 309 g/mol. The van der Waals surface area contributed by atoms with E-state index in [1.165, 1.54) is 6.07 Å². The highest BCUT2D eigenvalue weighted by Crippen LogP contribution is 2.29. The van der Waals surface area contributed by atoms with Crippen LogP contribution in [-0.2, 0) is 0 Å². The Morgan fingerprint density at radius 3 is 2.52 bits per heavy atom. The summed E-state index contributed by atoms with van der Waals surface area (Å²) < 4.78 is 0. The van der Waals surface area contributed by atoms with Gasteiger partial charge in [-0.3, -0.25) is 14.9 Å². The number of hydrogen-bond acceptors (Lipinski definition) is 5. The quantitative estimate of drug-likeness (QED) is 0.686. The predicted molar refractivity (Wildman–Crippen MR) is 85.1 cm³/mol. The van der Waals surface area contributed by atoms with Crippen molar-refractivity contribution in [3.8, 4) is 0 Å². The van der Waals surface area contributed by atoms with Crippen molar-refractivity contribution in [3.63, 3.8) is 0 Å². The first-order valence-electron chi connectivity index (χ1n) is 6.83. The zero-order valence-electron chi connectivity index (χ0n) is 12.3. The average Bonchev–Trinajstić information content (AvgIpc) is 2.44. The minimum absolute atomic E-state index is 0.141. The van der Waals surface area contributed by atoms with Crippen molar-refractivity contribution in [1.82, 2.24) is 4.90 Å². The van der Waals surface area contributed by atoms with E-state index >= 15 is 0 Å². The number of carbonyl (C=O) groups is 1. The van der Waals surface area contributed by atoms with E-state index in [2.05, 4.69) is 19.2 Å². The molecule has 0 aliphatic carbocycles. The summed E-state index contributed by atoms with van der Waals surface area (Å²) in [6, 6.07) is 4.54. The van der Waals surface area contributed by atoms with Crippen LogP contribution in [0.3, 0.4) is 0 Å². The SMILES string of the molecule is CNc1ccc([N+](=O)[O-])c(C(=O)N2CC(C)SC(C)C2)c1. The fourth-order valence-corrected chi connectivity index (χ4v) is 3.86. The van der Waals surface area contributed by atoms with Gasteiger partial charge in [0.05, 0.1) is 4.92 Å². The molecule has 1 N–H and O–H groups in total. The van der Waals surface area contributed by atoms with Crippen LogP contribution in [0.4, 0.5) is 11.4 Å². The lowest BCUT2D eigenvalue weighted by Crippen LogP contribution is -2.44. The molecule has 0 spiro atoms. The maximum Gasteiger partial charge on any atom is 0.282 e. The van der Waals surface area contributed by atoms with Gasteiger partial charge in [0.25, 0.3) is 11.6 Å². The van der Waals surface area contributed by atoms with Crippen molar-refractivity contribution in [3.05, 3.63) is 33.9 Å². The molecule has 21 heavy (non-hydrogen) atoms. The minimum Gasteiger partial charge on any atom is -0.388 e. The topological polar surface area (TPSA) is 75.5 Å². The lowest BCUT2D eigenvalue weighted by atomic mass is 10.1. The lowest BCUT2D eigenvalue weighted by Gasteiger charge is -2.34. The Bertz CT molecular complexity index is 554. The molecule has 2 atom stereocenters. The summed E-state index contributed by atoms with van der Waals surface area (Å²) in [5.41, 5.74) is 0.701. The van der Waals surface area contributed by atoms with Gasteiger partial charge in [0.1, 0.15) is 5.56 Å². The summed E-state index contributed by atoms with van der Waals surface area (Å²) in [4.78, 5) is 25.0. The van der Waals surface area contributed by atoms with Gasteiger partial charge in [0, 0.05) is 42.4 Å². The minimum atomic E-state index is -0.502. The van der Waals surface area contributed by atoms with E-state index in [9.17, 15) is 14.9 Å². The Labute approximate surface area is 128 Å². The van der Waals surface area contributed by atoms with Gasteiger partial charge >= 0.3 is 0 Å². The first-order valence-corrected chi connectivity index (χ1v) is 7.77. The first kappa shape index (κ1) is 15.6. The van der Waals surface area contributed by atoms with E-state index < -0.39 is 4.92 Å². The number of nitro benzene ring substituents is 1. The highest BCUT2D eigenvalue weighted by Gasteiger charge is 2.30. The van der Waals surface area contributed by atoms with E-state index in [-0.39, 0.29) is 17.2 Å². The standard InChI is InChI=1S/C14H19N3O3S/c1-9-7-16(8-10(2)21-9)14(18)12-6-11(15-3)4-5-13(12)17(19)20/h4-6,9-10,15H,7-8H2,1-3H3. The molecule has 0 radical (unpaired) electrons. The molecule has 1 aromatic rings. The summed E-state index contributed by atoms with van der Waals surface area (Å²) >= 11 is 1.84. The molecule has 1 saturated heterocycles. The Morgan fingerprint density at radius 2 is 2.00 bits per heavy atom. The molecule has 2 rings (SSSR count). The molecule has 0 aromatic heterocycles. The Kier molecular flexibility index (Phi) is 4.72. The van der Waals surface area contributed by atoms with Crippen molar-refractivity contribution in [2.24, 2.45) is 0 Å². The Morgan fingerprint density at radius 1 is 1.38 bits per heavy atom. The van der Waals surface area contributed by atoms with Crippen LogP contribution in [0.25, 0.3) is 0 Å². The summed E-state index contributed by atoms with van der Waals surface area (Å²) in [5.74, 6) is -0.266. The predicted octanol–water partition coefficient (Wildman–Crippen LogP) is 2.60. The van der Waals surface area contributed by atoms with Crippen LogP contribution in [0.5, 0.6) is 0 Å². The molecule has 7 heteroatoms. The smallest absolute Gasteiger partial charge is 0.282 e. The Balaban J connectivity index is 2.35. The number of rotatable bonds is 3. The molecule has 2 unspecified atom stereocenters. The molecule has 1 aliphatic rings. The zero-order chi connectivity index (χ0) is 15.6. The highest BCUT2D eigenvalue weighted by molar-refractivity contribution is 8.00. The van der Waals surface area contributed by atoms with E-state index in [0.717, 1.165) is 0 Å². The summed E-state index contributed by atoms with van der Waals surface area (Å²) in [6.07, 6.45) is 0. The van der Waals surface area contributed by atoms with Crippen molar-refractivity contribution < 1.29 is 9.72 Å². The van der Waals surface area contributed by atoms with Gasteiger partial charge in [-0.25, -0.2) is 0 Å². The lowest BCUT2D eigenvalue weighted by molar-refractivity contribution is -0.385. The molecule has 1 fully saturated rings. The van der Waals surface area contributed by atoms with Crippen LogP contribution in [0.15, 0.2) is 18.2 Å². The van der Waals surface area contributed by atoms with E-state index in [4.69, 9.17) is 0 Å². The number of nitro groups is 1. The second-order valence-electron chi connectivity index (χ2n) is 5.21. The number of nitrogens with zero attached hydrogens (tertiary/aromatic N) is 2. The Hall–Kier alpha value is -1.76. The van der Waals surface area contributed by atoms with Gasteiger partial charge in [-0.15, -0.1) is 0 Å². The number of amides is 1. The molecule has 1 heterocycles. The van der Waals surface area contributed by atoms with Gasteiger partial charge in [0.2, 0.25) is 0 Å². The van der Waals surface area contributed by atoms with Crippen molar-refractivity contribution in [1.29, 1.82) is 0 Å². The molecule has 0 saturated carbocycles. The van der Waals surface area contributed by atoms with Crippen LogP contribution < -0.4 is 5.32 Å². The van der Waals surface area contributed by atoms with Gasteiger partial charge in [-0.05, 0) is 12.1 Å². The number of benzene rings is 1. The third-order valence-corrected chi connectivity index (χ3v) is 4.65. The molecule has 1 aliphatic heterocycles. The number of anilines is 1. The number of hydrogen-bond donors (Lipinski definition) is 1. The van der Waals surface area contributed by atoms with Gasteiger partial charge in [0.15, 0.2) is 0 Å². The maximum atomic E-state index is 12.7. The van der Waals surface area contributed by atoms with Gasteiger partial charge in [-0.2, -0.15) is 11.8 Å². The largest absolute Gasteiger partial charge is 0.388 e.